The van der Waals surface area contributed by atoms with Gasteiger partial charge in [0.1, 0.15) is 12.4 Å². The molecule has 2 heterocycles. The highest BCUT2D eigenvalue weighted by Gasteiger charge is 2.60. The molecule has 28 heavy (non-hydrogen) atoms. The summed E-state index contributed by atoms with van der Waals surface area (Å²) in [5.74, 6) is -4.22. The van der Waals surface area contributed by atoms with Crippen LogP contribution in [-0.4, -0.2) is 56.5 Å². The van der Waals surface area contributed by atoms with E-state index in [1.807, 2.05) is 30.3 Å². The molecule has 0 radical (unpaired) electrons. The van der Waals surface area contributed by atoms with Gasteiger partial charge < -0.3 is 10.2 Å². The highest BCUT2D eigenvalue weighted by Crippen LogP contribution is 2.49. The van der Waals surface area contributed by atoms with Gasteiger partial charge in [-0.2, -0.15) is 0 Å². The molecule has 1 aliphatic heterocycles. The number of carbonyl (C=O) groups excluding carboxylic acids is 2. The number of rotatable bonds is 4. The van der Waals surface area contributed by atoms with Crippen LogP contribution in [0, 0.1) is 5.92 Å². The number of nitrogens with zero attached hydrogens (tertiary/aromatic N) is 4. The minimum Gasteiger partial charge on any atom is -0.337 e. The summed E-state index contributed by atoms with van der Waals surface area (Å²) in [4.78, 5) is 30.1. The molecule has 4 rings (SSSR count). The van der Waals surface area contributed by atoms with Crippen molar-refractivity contribution in [2.45, 2.75) is 43.8 Å². The summed E-state index contributed by atoms with van der Waals surface area (Å²) in [5.41, 5.74) is 1.01. The fraction of sp³-hybridized carbons (Fsp3) is 0.474. The van der Waals surface area contributed by atoms with Gasteiger partial charge in [0.25, 0.3) is 11.8 Å². The lowest BCUT2D eigenvalue weighted by Gasteiger charge is -2.47. The van der Waals surface area contributed by atoms with Crippen LogP contribution in [0.2, 0.25) is 0 Å². The Kier molecular flexibility index (Phi) is 4.60. The average molecular weight is 389 g/mol. The first-order chi connectivity index (χ1) is 13.3. The molecular weight excluding hydrogens is 368 g/mol. The fourth-order valence-electron chi connectivity index (χ4n) is 4.11. The highest BCUT2D eigenvalue weighted by molar-refractivity contribution is 5.94. The van der Waals surface area contributed by atoms with E-state index < -0.39 is 29.8 Å². The Morgan fingerprint density at radius 3 is 2.75 bits per heavy atom. The Hall–Kier alpha value is -2.84. The van der Waals surface area contributed by atoms with Crippen molar-refractivity contribution in [1.82, 2.24) is 25.0 Å². The third-order valence-corrected chi connectivity index (χ3v) is 5.53. The van der Waals surface area contributed by atoms with Crippen LogP contribution in [0.5, 0.6) is 0 Å². The summed E-state index contributed by atoms with van der Waals surface area (Å²) >= 11 is 0. The molecule has 7 nitrogen and oxygen atoms in total. The van der Waals surface area contributed by atoms with Crippen molar-refractivity contribution in [3.63, 3.8) is 0 Å². The Labute approximate surface area is 160 Å². The average Bonchev–Trinajstić information content (AvgIpc) is 3.08. The zero-order chi connectivity index (χ0) is 19.9. The molecule has 3 atom stereocenters. The number of halogens is 2. The Morgan fingerprint density at radius 1 is 1.29 bits per heavy atom. The standard InChI is InChI=1S/C19H21F2N5O2/c1-25-15-13(9-19(15,20)21)7-8-14(18(25)28)23-17(27)16-22-11-26(24-16)10-12-5-3-2-4-6-12/h2-6,11,13-15H,7-10H2,1H3,(H,23,27)/t13-,14-,15-/m0/s1. The van der Waals surface area contributed by atoms with E-state index in [1.165, 1.54) is 18.1 Å². The van der Waals surface area contributed by atoms with Crippen LogP contribution < -0.4 is 5.32 Å². The molecule has 1 aromatic carbocycles. The third-order valence-electron chi connectivity index (χ3n) is 5.53. The largest absolute Gasteiger partial charge is 0.337 e. The first kappa shape index (κ1) is 18.5. The predicted octanol–water partition coefficient (Wildman–Crippen LogP) is 1.70. The van der Waals surface area contributed by atoms with Crippen LogP contribution in [0.4, 0.5) is 8.78 Å². The van der Waals surface area contributed by atoms with Gasteiger partial charge in [-0.15, -0.1) is 5.10 Å². The number of carbonyl (C=O) groups is 2. The smallest absolute Gasteiger partial charge is 0.291 e. The summed E-state index contributed by atoms with van der Waals surface area (Å²) in [6, 6.07) is 7.67. The van der Waals surface area contributed by atoms with E-state index in [-0.39, 0.29) is 18.2 Å². The number of hydrogen-bond donors (Lipinski definition) is 1. The van der Waals surface area contributed by atoms with Gasteiger partial charge in [0, 0.05) is 13.5 Å². The summed E-state index contributed by atoms with van der Waals surface area (Å²) < 4.78 is 29.2. The van der Waals surface area contributed by atoms with Gasteiger partial charge in [0.15, 0.2) is 0 Å². The number of hydrogen-bond acceptors (Lipinski definition) is 4. The molecule has 0 unspecified atom stereocenters. The fourth-order valence-corrected chi connectivity index (χ4v) is 4.11. The second-order valence-electron chi connectivity index (χ2n) is 7.47. The van der Waals surface area contributed by atoms with E-state index in [4.69, 9.17) is 0 Å². The number of amides is 2. The van der Waals surface area contributed by atoms with Crippen LogP contribution >= 0.6 is 0 Å². The van der Waals surface area contributed by atoms with Crippen LogP contribution in [0.1, 0.15) is 35.4 Å². The van der Waals surface area contributed by atoms with E-state index in [0.29, 0.717) is 19.4 Å². The van der Waals surface area contributed by atoms with E-state index in [1.54, 1.807) is 0 Å². The van der Waals surface area contributed by atoms with Crippen molar-refractivity contribution in [2.75, 3.05) is 7.05 Å². The first-order valence-electron chi connectivity index (χ1n) is 9.24. The lowest BCUT2D eigenvalue weighted by atomic mass is 9.73. The van der Waals surface area contributed by atoms with Crippen molar-refractivity contribution < 1.29 is 18.4 Å². The van der Waals surface area contributed by atoms with Crippen LogP contribution in [0.25, 0.3) is 0 Å². The second kappa shape index (κ2) is 6.96. The molecule has 1 N–H and O–H groups in total. The second-order valence-corrected chi connectivity index (χ2v) is 7.47. The van der Waals surface area contributed by atoms with Gasteiger partial charge in [-0.05, 0) is 24.3 Å². The van der Waals surface area contributed by atoms with E-state index >= 15 is 0 Å². The van der Waals surface area contributed by atoms with Crippen LogP contribution in [0.3, 0.4) is 0 Å². The lowest BCUT2D eigenvalue weighted by Crippen LogP contribution is -2.62. The highest BCUT2D eigenvalue weighted by atomic mass is 19.3. The number of likely N-dealkylation sites (N-methyl/N-ethyl adjacent to an activating group) is 1. The summed E-state index contributed by atoms with van der Waals surface area (Å²) in [7, 11) is 1.38. The Morgan fingerprint density at radius 2 is 2.04 bits per heavy atom. The maximum atomic E-state index is 13.8. The number of likely N-dealkylation sites (tertiary alicyclic amines) is 1. The molecule has 0 bridgehead atoms. The molecule has 0 spiro atoms. The van der Waals surface area contributed by atoms with Crippen molar-refractivity contribution >= 4 is 11.8 Å². The number of alkyl halides is 2. The Bertz CT molecular complexity index is 885. The summed E-state index contributed by atoms with van der Waals surface area (Å²) in [5, 5.41) is 6.77. The Balaban J connectivity index is 1.42. The zero-order valence-electron chi connectivity index (χ0n) is 15.4. The normalized spacial score (nSPS) is 26.2. The van der Waals surface area contributed by atoms with E-state index in [0.717, 1.165) is 10.5 Å². The van der Waals surface area contributed by atoms with Gasteiger partial charge in [-0.1, -0.05) is 30.3 Å². The van der Waals surface area contributed by atoms with E-state index in [2.05, 4.69) is 15.4 Å². The molecule has 1 aromatic heterocycles. The molecule has 1 aliphatic carbocycles. The molecular formula is C19H21F2N5O2. The topological polar surface area (TPSA) is 80.1 Å². The van der Waals surface area contributed by atoms with Gasteiger partial charge >= 0.3 is 0 Å². The van der Waals surface area contributed by atoms with Crippen molar-refractivity contribution in [2.24, 2.45) is 5.92 Å². The first-order valence-corrected chi connectivity index (χ1v) is 9.24. The molecule has 2 aliphatic rings. The van der Waals surface area contributed by atoms with Crippen LogP contribution in [-0.2, 0) is 11.3 Å². The van der Waals surface area contributed by atoms with Crippen molar-refractivity contribution in [1.29, 1.82) is 0 Å². The van der Waals surface area contributed by atoms with Gasteiger partial charge in [-0.3, -0.25) is 9.59 Å². The molecule has 2 aromatic rings. The molecule has 1 saturated carbocycles. The van der Waals surface area contributed by atoms with Crippen molar-refractivity contribution in [3.05, 3.63) is 48.0 Å². The van der Waals surface area contributed by atoms with Crippen LogP contribution in [0.15, 0.2) is 36.7 Å². The third kappa shape index (κ3) is 3.36. The molecule has 1 saturated heterocycles. The molecule has 148 valence electrons. The van der Waals surface area contributed by atoms with Crippen molar-refractivity contribution in [3.8, 4) is 0 Å². The predicted molar refractivity (Wildman–Crippen MR) is 95.7 cm³/mol. The minimum atomic E-state index is -2.86. The SMILES string of the molecule is CN1C(=O)[C@@H](NC(=O)c2ncn(Cc3ccccc3)n2)CC[C@H]2CC(F)(F)[C@H]21. The summed E-state index contributed by atoms with van der Waals surface area (Å²) in [6.45, 7) is 0.463. The maximum absolute atomic E-state index is 13.8. The quantitative estimate of drug-likeness (QED) is 0.863. The number of nitrogens with one attached hydrogen (secondary N) is 1. The van der Waals surface area contributed by atoms with E-state index in [9.17, 15) is 18.4 Å². The molecule has 2 amide bonds. The van der Waals surface area contributed by atoms with Gasteiger partial charge in [0.2, 0.25) is 11.7 Å². The number of aromatic nitrogens is 3. The maximum Gasteiger partial charge on any atom is 0.291 e. The van der Waals surface area contributed by atoms with Gasteiger partial charge in [-0.25, -0.2) is 18.4 Å². The van der Waals surface area contributed by atoms with Gasteiger partial charge in [0.05, 0.1) is 12.6 Å². The number of fused-ring (bicyclic) bond motifs is 1. The molecule has 9 heteroatoms. The monoisotopic (exact) mass is 389 g/mol. The molecule has 2 fully saturated rings. The number of benzene rings is 1. The lowest BCUT2D eigenvalue weighted by molar-refractivity contribution is -0.186. The zero-order valence-corrected chi connectivity index (χ0v) is 15.4. The minimum absolute atomic E-state index is 0.0519. The summed E-state index contributed by atoms with van der Waals surface area (Å²) in [6.07, 6.45) is 2.04.